The molecule has 2 N–H and O–H groups in total. The van der Waals surface area contributed by atoms with Crippen LogP contribution in [-0.4, -0.2) is 53.7 Å². The summed E-state index contributed by atoms with van der Waals surface area (Å²) < 4.78 is 5.67. The van der Waals surface area contributed by atoms with Gasteiger partial charge in [0.05, 0.1) is 11.8 Å². The maximum atomic E-state index is 13.1. The second kappa shape index (κ2) is 9.49. The van der Waals surface area contributed by atoms with Gasteiger partial charge in [0.2, 0.25) is 5.91 Å². The van der Waals surface area contributed by atoms with Crippen LogP contribution in [0.3, 0.4) is 0 Å². The molecule has 1 aliphatic heterocycles. The van der Waals surface area contributed by atoms with Gasteiger partial charge in [-0.25, -0.2) is 4.79 Å². The molecule has 7 heteroatoms. The van der Waals surface area contributed by atoms with E-state index in [2.05, 4.69) is 29.6 Å². The van der Waals surface area contributed by atoms with Crippen molar-refractivity contribution in [2.75, 3.05) is 19.7 Å². The standard InChI is InChI=1S/C27H30N2O5/c30-25(29-14-6-7-17(15-29)26(31)32)22-12-5-13-24(22)28-27(33)34-16-23-20-10-3-1-8-18(20)19-9-2-4-11-21(19)23/h1-4,8-11,17,22-24H,5-7,12-16H2,(H,28,33)(H,31,32). The zero-order chi connectivity index (χ0) is 23.7. The van der Waals surface area contributed by atoms with E-state index < -0.39 is 18.0 Å². The third kappa shape index (κ3) is 4.27. The summed E-state index contributed by atoms with van der Waals surface area (Å²) in [5.41, 5.74) is 4.66. The number of likely N-dealkylation sites (tertiary alicyclic amines) is 1. The third-order valence-corrected chi connectivity index (χ3v) is 7.56. The molecule has 2 aromatic carbocycles. The smallest absolute Gasteiger partial charge is 0.407 e. The molecule has 0 spiro atoms. The highest BCUT2D eigenvalue weighted by atomic mass is 16.5. The van der Waals surface area contributed by atoms with E-state index in [0.717, 1.165) is 24.0 Å². The number of hydrogen-bond acceptors (Lipinski definition) is 4. The number of piperidine rings is 1. The number of carbonyl (C=O) groups excluding carboxylic acids is 2. The van der Waals surface area contributed by atoms with Gasteiger partial charge in [0.1, 0.15) is 6.61 Å². The maximum Gasteiger partial charge on any atom is 0.407 e. The third-order valence-electron chi connectivity index (χ3n) is 7.56. The van der Waals surface area contributed by atoms with E-state index in [1.807, 2.05) is 24.3 Å². The van der Waals surface area contributed by atoms with E-state index in [1.165, 1.54) is 11.1 Å². The Morgan fingerprint density at radius 1 is 0.941 bits per heavy atom. The van der Waals surface area contributed by atoms with E-state index >= 15 is 0 Å². The Morgan fingerprint density at radius 2 is 1.62 bits per heavy atom. The van der Waals surface area contributed by atoms with Crippen molar-refractivity contribution < 1.29 is 24.2 Å². The number of carboxylic acid groups (broad SMARTS) is 1. The molecule has 1 heterocycles. The van der Waals surface area contributed by atoms with Crippen LogP contribution in [-0.2, 0) is 14.3 Å². The van der Waals surface area contributed by atoms with E-state index in [9.17, 15) is 19.5 Å². The average molecular weight is 463 g/mol. The summed E-state index contributed by atoms with van der Waals surface area (Å²) in [6.07, 6.45) is 3.05. The predicted molar refractivity (Wildman–Crippen MR) is 126 cm³/mol. The number of nitrogens with one attached hydrogen (secondary N) is 1. The Balaban J connectivity index is 1.20. The van der Waals surface area contributed by atoms with Crippen LogP contribution in [0.15, 0.2) is 48.5 Å². The van der Waals surface area contributed by atoms with Crippen LogP contribution in [0.2, 0.25) is 0 Å². The van der Waals surface area contributed by atoms with Crippen molar-refractivity contribution in [2.45, 2.75) is 44.1 Å². The molecule has 0 aromatic heterocycles. The molecule has 34 heavy (non-hydrogen) atoms. The predicted octanol–water partition coefficient (Wildman–Crippen LogP) is 4.02. The summed E-state index contributed by atoms with van der Waals surface area (Å²) in [4.78, 5) is 38.9. The number of rotatable bonds is 5. The van der Waals surface area contributed by atoms with Crippen LogP contribution >= 0.6 is 0 Å². The van der Waals surface area contributed by atoms with E-state index in [0.29, 0.717) is 25.8 Å². The molecule has 0 radical (unpaired) electrons. The molecule has 1 saturated heterocycles. The molecule has 1 saturated carbocycles. The summed E-state index contributed by atoms with van der Waals surface area (Å²) in [7, 11) is 0. The number of benzene rings is 2. The van der Waals surface area contributed by atoms with Crippen molar-refractivity contribution in [3.05, 3.63) is 59.7 Å². The van der Waals surface area contributed by atoms with Crippen molar-refractivity contribution in [3.8, 4) is 11.1 Å². The quantitative estimate of drug-likeness (QED) is 0.700. The molecule has 7 nitrogen and oxygen atoms in total. The summed E-state index contributed by atoms with van der Waals surface area (Å²) in [5, 5.41) is 12.3. The number of fused-ring (bicyclic) bond motifs is 3. The van der Waals surface area contributed by atoms with Crippen molar-refractivity contribution in [2.24, 2.45) is 11.8 Å². The lowest BCUT2D eigenvalue weighted by atomic mass is 9.95. The van der Waals surface area contributed by atoms with Crippen LogP contribution in [0.25, 0.3) is 11.1 Å². The molecule has 5 rings (SSSR count). The number of nitrogens with zero attached hydrogens (tertiary/aromatic N) is 1. The Labute approximate surface area is 199 Å². The Morgan fingerprint density at radius 3 is 2.29 bits per heavy atom. The lowest BCUT2D eigenvalue weighted by molar-refractivity contribution is -0.146. The second-order valence-electron chi connectivity index (χ2n) is 9.58. The summed E-state index contributed by atoms with van der Waals surface area (Å²) >= 11 is 0. The minimum absolute atomic E-state index is 0.0135. The van der Waals surface area contributed by atoms with E-state index in [1.54, 1.807) is 4.90 Å². The van der Waals surface area contributed by atoms with Gasteiger partial charge in [-0.3, -0.25) is 9.59 Å². The van der Waals surface area contributed by atoms with E-state index in [4.69, 9.17) is 4.74 Å². The largest absolute Gasteiger partial charge is 0.481 e. The number of hydrogen-bond donors (Lipinski definition) is 2. The van der Waals surface area contributed by atoms with Crippen molar-refractivity contribution in [1.82, 2.24) is 10.2 Å². The highest BCUT2D eigenvalue weighted by Crippen LogP contribution is 2.44. The second-order valence-corrected chi connectivity index (χ2v) is 9.58. The SMILES string of the molecule is O=C(NC1CCCC1C(=O)N1CCCC(C(=O)O)C1)OCC1c2ccccc2-c2ccccc21. The first-order valence-corrected chi connectivity index (χ1v) is 12.2. The van der Waals surface area contributed by atoms with Gasteiger partial charge in [-0.2, -0.15) is 0 Å². The highest BCUT2D eigenvalue weighted by molar-refractivity contribution is 5.82. The summed E-state index contributed by atoms with van der Waals surface area (Å²) in [6, 6.07) is 16.1. The van der Waals surface area contributed by atoms with Gasteiger partial charge in [0.25, 0.3) is 0 Å². The van der Waals surface area contributed by atoms with Crippen molar-refractivity contribution in [1.29, 1.82) is 0 Å². The van der Waals surface area contributed by atoms with Crippen molar-refractivity contribution >= 4 is 18.0 Å². The molecule has 0 bridgehead atoms. The van der Waals surface area contributed by atoms with Gasteiger partial charge < -0.3 is 20.1 Å². The zero-order valence-electron chi connectivity index (χ0n) is 19.1. The fourth-order valence-corrected chi connectivity index (χ4v) is 5.83. The lowest BCUT2D eigenvalue weighted by Crippen LogP contribution is -2.49. The van der Waals surface area contributed by atoms with Gasteiger partial charge in [0, 0.05) is 25.0 Å². The molecular formula is C27H30N2O5. The number of aliphatic carboxylic acids is 1. The number of amides is 2. The Hall–Kier alpha value is -3.35. The number of ether oxygens (including phenoxy) is 1. The monoisotopic (exact) mass is 462 g/mol. The fraction of sp³-hybridized carbons (Fsp3) is 0.444. The number of carboxylic acids is 1. The zero-order valence-corrected chi connectivity index (χ0v) is 19.1. The molecule has 2 aromatic rings. The molecule has 2 aliphatic carbocycles. The van der Waals surface area contributed by atoms with Crippen LogP contribution < -0.4 is 5.32 Å². The minimum Gasteiger partial charge on any atom is -0.481 e. The summed E-state index contributed by atoms with van der Waals surface area (Å²) in [5.74, 6) is -1.74. The molecular weight excluding hydrogens is 432 g/mol. The maximum absolute atomic E-state index is 13.1. The van der Waals surface area contributed by atoms with Crippen LogP contribution in [0.4, 0.5) is 4.79 Å². The minimum atomic E-state index is -0.850. The van der Waals surface area contributed by atoms with Crippen LogP contribution in [0, 0.1) is 11.8 Å². The first-order valence-electron chi connectivity index (χ1n) is 12.2. The fourth-order valence-electron chi connectivity index (χ4n) is 5.83. The Kier molecular flexibility index (Phi) is 6.26. The van der Waals surface area contributed by atoms with Gasteiger partial charge in [0.15, 0.2) is 0 Å². The average Bonchev–Trinajstić information content (AvgIpc) is 3.44. The van der Waals surface area contributed by atoms with Crippen LogP contribution in [0.5, 0.6) is 0 Å². The van der Waals surface area contributed by atoms with Crippen molar-refractivity contribution in [3.63, 3.8) is 0 Å². The van der Waals surface area contributed by atoms with Crippen LogP contribution in [0.1, 0.15) is 49.1 Å². The van der Waals surface area contributed by atoms with Gasteiger partial charge in [-0.1, -0.05) is 55.0 Å². The van der Waals surface area contributed by atoms with Gasteiger partial charge in [-0.05, 0) is 47.9 Å². The number of alkyl carbamates (subject to hydrolysis) is 1. The number of carbonyl (C=O) groups is 3. The Bertz CT molecular complexity index is 1050. The molecule has 2 amide bonds. The topological polar surface area (TPSA) is 95.9 Å². The molecule has 3 aliphatic rings. The highest BCUT2D eigenvalue weighted by Gasteiger charge is 2.39. The van der Waals surface area contributed by atoms with Gasteiger partial charge >= 0.3 is 12.1 Å². The summed E-state index contributed by atoms with van der Waals surface area (Å²) in [6.45, 7) is 1.07. The normalized spacial score (nSPS) is 23.8. The van der Waals surface area contributed by atoms with E-state index in [-0.39, 0.29) is 36.9 Å². The molecule has 2 fully saturated rings. The lowest BCUT2D eigenvalue weighted by Gasteiger charge is -2.34. The molecule has 3 unspecified atom stereocenters. The first-order chi connectivity index (χ1) is 16.5. The molecule has 178 valence electrons. The first kappa shape index (κ1) is 22.4. The van der Waals surface area contributed by atoms with Gasteiger partial charge in [-0.15, -0.1) is 0 Å². The molecule has 3 atom stereocenters.